The van der Waals surface area contributed by atoms with Crippen molar-refractivity contribution in [3.63, 3.8) is 0 Å². The topological polar surface area (TPSA) is 56.0 Å². The van der Waals surface area contributed by atoms with Crippen LogP contribution in [0.15, 0.2) is 47.5 Å². The fourth-order valence-corrected chi connectivity index (χ4v) is 2.77. The van der Waals surface area contributed by atoms with E-state index in [0.29, 0.717) is 5.39 Å². The minimum Gasteiger partial charge on any atom is -0.338 e. The first kappa shape index (κ1) is 15.1. The molecule has 0 atom stereocenters. The van der Waals surface area contributed by atoms with E-state index in [1.54, 1.807) is 30.1 Å². The Balaban J connectivity index is 1.87. The van der Waals surface area contributed by atoms with Crippen molar-refractivity contribution in [2.24, 2.45) is 7.05 Å². The third-order valence-corrected chi connectivity index (χ3v) is 4.07. The van der Waals surface area contributed by atoms with E-state index in [4.69, 9.17) is 0 Å². The number of carbonyl (C=O) groups excluding carboxylic acids is 1. The number of anilines is 1. The summed E-state index contributed by atoms with van der Waals surface area (Å²) in [6.07, 6.45) is 3.49. The zero-order valence-electron chi connectivity index (χ0n) is 13.5. The molecule has 0 aliphatic heterocycles. The second kappa shape index (κ2) is 5.76. The van der Waals surface area contributed by atoms with Crippen LogP contribution in [0.1, 0.15) is 11.1 Å². The molecule has 1 amide bonds. The highest BCUT2D eigenvalue weighted by Gasteiger charge is 2.11. The number of benzene rings is 1. The molecule has 1 aromatic carbocycles. The number of hydrogen-bond donors (Lipinski definition) is 1. The van der Waals surface area contributed by atoms with Crippen molar-refractivity contribution >= 4 is 22.5 Å². The molecule has 5 nitrogen and oxygen atoms in total. The number of rotatable bonds is 3. The predicted octanol–water partition coefficient (Wildman–Crippen LogP) is 2.60. The molecule has 5 heteroatoms. The Kier molecular flexibility index (Phi) is 3.78. The molecule has 2 heterocycles. The summed E-state index contributed by atoms with van der Waals surface area (Å²) in [5.41, 5.74) is 3.63. The number of fused-ring (bicyclic) bond motifs is 1. The molecule has 0 saturated heterocycles. The molecule has 0 spiro atoms. The standard InChI is InChI=1S/C18H19N3O2/c1-12-5-4-6-13(2)17(12)19-16(22)11-21-10-7-14-15(21)8-9-20(3)18(14)23/h4-10H,11H2,1-3H3,(H,19,22). The fraction of sp³-hybridized carbons (Fsp3) is 0.222. The van der Waals surface area contributed by atoms with Crippen LogP contribution in [0.4, 0.5) is 5.69 Å². The van der Waals surface area contributed by atoms with Gasteiger partial charge in [-0.05, 0) is 37.1 Å². The minimum absolute atomic E-state index is 0.0589. The van der Waals surface area contributed by atoms with Gasteiger partial charge in [0.25, 0.3) is 5.56 Å². The number of pyridine rings is 1. The van der Waals surface area contributed by atoms with Gasteiger partial charge in [-0.3, -0.25) is 9.59 Å². The molecule has 23 heavy (non-hydrogen) atoms. The Bertz CT molecular complexity index is 930. The van der Waals surface area contributed by atoms with Crippen LogP contribution in [0.25, 0.3) is 10.9 Å². The van der Waals surface area contributed by atoms with Gasteiger partial charge in [0.15, 0.2) is 0 Å². The lowest BCUT2D eigenvalue weighted by atomic mass is 10.1. The van der Waals surface area contributed by atoms with Crippen LogP contribution in [0, 0.1) is 13.8 Å². The van der Waals surface area contributed by atoms with Gasteiger partial charge in [0.05, 0.1) is 10.9 Å². The van der Waals surface area contributed by atoms with Crippen LogP contribution >= 0.6 is 0 Å². The van der Waals surface area contributed by atoms with Gasteiger partial charge < -0.3 is 14.5 Å². The number of amides is 1. The summed E-state index contributed by atoms with van der Waals surface area (Å²) in [6.45, 7) is 4.11. The van der Waals surface area contributed by atoms with Gasteiger partial charge >= 0.3 is 0 Å². The number of aromatic nitrogens is 2. The number of carbonyl (C=O) groups is 1. The number of nitrogens with zero attached hydrogens (tertiary/aromatic N) is 2. The number of nitrogens with one attached hydrogen (secondary N) is 1. The van der Waals surface area contributed by atoms with Gasteiger partial charge in [-0.2, -0.15) is 0 Å². The fourth-order valence-electron chi connectivity index (χ4n) is 2.77. The first-order valence-corrected chi connectivity index (χ1v) is 7.48. The van der Waals surface area contributed by atoms with Gasteiger partial charge in [-0.25, -0.2) is 0 Å². The lowest BCUT2D eigenvalue weighted by molar-refractivity contribution is -0.116. The normalized spacial score (nSPS) is 10.9. The van der Waals surface area contributed by atoms with Crippen molar-refractivity contribution in [2.45, 2.75) is 20.4 Å². The SMILES string of the molecule is Cc1cccc(C)c1NC(=O)Cn1ccc2c(=O)n(C)ccc21. The van der Waals surface area contributed by atoms with Crippen molar-refractivity contribution in [3.8, 4) is 0 Å². The van der Waals surface area contributed by atoms with E-state index in [1.807, 2.05) is 38.1 Å². The summed E-state index contributed by atoms with van der Waals surface area (Å²) in [6, 6.07) is 9.51. The quantitative estimate of drug-likeness (QED) is 0.808. The molecule has 118 valence electrons. The minimum atomic E-state index is -0.111. The van der Waals surface area contributed by atoms with Crippen molar-refractivity contribution in [1.29, 1.82) is 0 Å². The highest BCUT2D eigenvalue weighted by atomic mass is 16.2. The average molecular weight is 309 g/mol. The van der Waals surface area contributed by atoms with E-state index in [2.05, 4.69) is 5.32 Å². The van der Waals surface area contributed by atoms with E-state index >= 15 is 0 Å². The first-order valence-electron chi connectivity index (χ1n) is 7.48. The molecule has 0 aliphatic rings. The summed E-state index contributed by atoms with van der Waals surface area (Å²) < 4.78 is 3.32. The molecule has 3 aromatic rings. The zero-order chi connectivity index (χ0) is 16.6. The van der Waals surface area contributed by atoms with Gasteiger partial charge in [0, 0.05) is 25.1 Å². The lowest BCUT2D eigenvalue weighted by Gasteiger charge is -2.12. The Morgan fingerprint density at radius 1 is 1.09 bits per heavy atom. The van der Waals surface area contributed by atoms with Crippen molar-refractivity contribution in [3.05, 3.63) is 64.2 Å². The van der Waals surface area contributed by atoms with Crippen LogP contribution in [0.3, 0.4) is 0 Å². The summed E-state index contributed by atoms with van der Waals surface area (Å²) >= 11 is 0. The Labute approximate surface area is 134 Å². The smallest absolute Gasteiger partial charge is 0.259 e. The highest BCUT2D eigenvalue weighted by Crippen LogP contribution is 2.19. The van der Waals surface area contributed by atoms with E-state index in [9.17, 15) is 9.59 Å². The first-order chi connectivity index (χ1) is 11.0. The monoisotopic (exact) mass is 309 g/mol. The molecule has 3 rings (SSSR count). The van der Waals surface area contributed by atoms with Gasteiger partial charge in [0.1, 0.15) is 6.54 Å². The summed E-state index contributed by atoms with van der Waals surface area (Å²) in [5, 5.41) is 3.58. The molecule has 0 aliphatic carbocycles. The summed E-state index contributed by atoms with van der Waals surface area (Å²) in [5.74, 6) is -0.111. The van der Waals surface area contributed by atoms with Crippen LogP contribution in [-0.4, -0.2) is 15.0 Å². The molecule has 2 aromatic heterocycles. The average Bonchev–Trinajstić information content (AvgIpc) is 2.90. The van der Waals surface area contributed by atoms with Crippen LogP contribution in [0.5, 0.6) is 0 Å². The van der Waals surface area contributed by atoms with Crippen molar-refractivity contribution in [2.75, 3.05) is 5.32 Å². The summed E-state index contributed by atoms with van der Waals surface area (Å²) in [7, 11) is 1.72. The second-order valence-corrected chi connectivity index (χ2v) is 5.79. The van der Waals surface area contributed by atoms with Crippen molar-refractivity contribution < 1.29 is 4.79 Å². The molecule has 0 unspecified atom stereocenters. The van der Waals surface area contributed by atoms with E-state index in [-0.39, 0.29) is 18.0 Å². The molecule has 1 N–H and O–H groups in total. The molecule has 0 fully saturated rings. The highest BCUT2D eigenvalue weighted by molar-refractivity contribution is 5.93. The second-order valence-electron chi connectivity index (χ2n) is 5.79. The van der Waals surface area contributed by atoms with Gasteiger partial charge in [-0.15, -0.1) is 0 Å². The Morgan fingerprint density at radius 3 is 2.48 bits per heavy atom. The Morgan fingerprint density at radius 2 is 1.78 bits per heavy atom. The number of para-hydroxylation sites is 1. The predicted molar refractivity (Wildman–Crippen MR) is 91.7 cm³/mol. The maximum absolute atomic E-state index is 12.4. The molecule has 0 saturated carbocycles. The number of aryl methyl sites for hydroxylation is 3. The maximum atomic E-state index is 12.4. The summed E-state index contributed by atoms with van der Waals surface area (Å²) in [4.78, 5) is 24.4. The lowest BCUT2D eigenvalue weighted by Crippen LogP contribution is -2.20. The maximum Gasteiger partial charge on any atom is 0.259 e. The molecular weight excluding hydrogens is 290 g/mol. The van der Waals surface area contributed by atoms with Crippen LogP contribution < -0.4 is 10.9 Å². The third-order valence-electron chi connectivity index (χ3n) is 4.07. The molecule has 0 radical (unpaired) electrons. The zero-order valence-corrected chi connectivity index (χ0v) is 13.5. The van der Waals surface area contributed by atoms with E-state index < -0.39 is 0 Å². The largest absolute Gasteiger partial charge is 0.338 e. The number of hydrogen-bond acceptors (Lipinski definition) is 2. The Hall–Kier alpha value is -2.82. The van der Waals surface area contributed by atoms with Crippen LogP contribution in [0.2, 0.25) is 0 Å². The van der Waals surface area contributed by atoms with E-state index in [1.165, 1.54) is 4.57 Å². The van der Waals surface area contributed by atoms with Gasteiger partial charge in [0.2, 0.25) is 5.91 Å². The third kappa shape index (κ3) is 2.77. The van der Waals surface area contributed by atoms with Crippen LogP contribution in [-0.2, 0) is 18.4 Å². The molecular formula is C18H19N3O2. The molecule has 0 bridgehead atoms. The van der Waals surface area contributed by atoms with E-state index in [0.717, 1.165) is 22.3 Å². The van der Waals surface area contributed by atoms with Gasteiger partial charge in [-0.1, -0.05) is 18.2 Å². The van der Waals surface area contributed by atoms with Crippen molar-refractivity contribution in [1.82, 2.24) is 9.13 Å².